The summed E-state index contributed by atoms with van der Waals surface area (Å²) in [5.74, 6) is 0.835. The van der Waals surface area contributed by atoms with Gasteiger partial charge in [0, 0.05) is 11.3 Å². The Morgan fingerprint density at radius 1 is 1.28 bits per heavy atom. The quantitative estimate of drug-likeness (QED) is 0.856. The van der Waals surface area contributed by atoms with Gasteiger partial charge in [-0.25, -0.2) is 4.98 Å². The van der Waals surface area contributed by atoms with Crippen molar-refractivity contribution in [3.8, 4) is 5.75 Å². The molecule has 1 aliphatic rings. The van der Waals surface area contributed by atoms with E-state index < -0.39 is 0 Å². The first-order chi connectivity index (χ1) is 8.79. The van der Waals surface area contributed by atoms with Crippen molar-refractivity contribution in [2.24, 2.45) is 0 Å². The fourth-order valence-electron chi connectivity index (χ4n) is 3.05. The lowest BCUT2D eigenvalue weighted by Crippen LogP contribution is -1.99. The summed E-state index contributed by atoms with van der Waals surface area (Å²) in [4.78, 5) is 4.78. The molecule has 0 unspecified atom stereocenters. The molecule has 0 radical (unpaired) electrons. The van der Waals surface area contributed by atoms with Crippen molar-refractivity contribution in [3.05, 3.63) is 35.5 Å². The van der Waals surface area contributed by atoms with Crippen LogP contribution in [0.1, 0.15) is 49.8 Å². The molecule has 2 aromatic rings. The third kappa shape index (κ3) is 1.86. The first-order valence-corrected chi connectivity index (χ1v) is 6.91. The SMILES string of the molecule is CCc1cccc2cc(O)c(C3CCCC3)nc12. The number of hydrogen-bond donors (Lipinski definition) is 1. The van der Waals surface area contributed by atoms with Crippen molar-refractivity contribution in [1.82, 2.24) is 4.98 Å². The van der Waals surface area contributed by atoms with Gasteiger partial charge in [-0.3, -0.25) is 0 Å². The highest BCUT2D eigenvalue weighted by Gasteiger charge is 2.22. The molecule has 18 heavy (non-hydrogen) atoms. The third-order valence-corrected chi connectivity index (χ3v) is 4.06. The van der Waals surface area contributed by atoms with Gasteiger partial charge < -0.3 is 5.11 Å². The number of aromatic nitrogens is 1. The van der Waals surface area contributed by atoms with Crippen LogP contribution in [0.5, 0.6) is 5.75 Å². The second-order valence-corrected chi connectivity index (χ2v) is 5.22. The van der Waals surface area contributed by atoms with E-state index in [4.69, 9.17) is 4.98 Å². The molecule has 0 aliphatic heterocycles. The molecule has 1 fully saturated rings. The monoisotopic (exact) mass is 241 g/mol. The lowest BCUT2D eigenvalue weighted by Gasteiger charge is -2.13. The van der Waals surface area contributed by atoms with Crippen LogP contribution in [0.25, 0.3) is 10.9 Å². The van der Waals surface area contributed by atoms with Crippen LogP contribution in [0.3, 0.4) is 0 Å². The van der Waals surface area contributed by atoms with E-state index >= 15 is 0 Å². The van der Waals surface area contributed by atoms with E-state index in [-0.39, 0.29) is 0 Å². The molecule has 94 valence electrons. The van der Waals surface area contributed by atoms with Gasteiger partial charge in [0.25, 0.3) is 0 Å². The van der Waals surface area contributed by atoms with E-state index in [1.165, 1.54) is 31.2 Å². The molecular weight excluding hydrogens is 222 g/mol. The summed E-state index contributed by atoms with van der Waals surface area (Å²) in [6.07, 6.45) is 5.85. The summed E-state index contributed by atoms with van der Waals surface area (Å²) >= 11 is 0. The number of hydrogen-bond acceptors (Lipinski definition) is 2. The van der Waals surface area contributed by atoms with Gasteiger partial charge in [-0.2, -0.15) is 0 Å². The minimum absolute atomic E-state index is 0.377. The Bertz CT molecular complexity index is 571. The molecule has 0 spiro atoms. The van der Waals surface area contributed by atoms with Gasteiger partial charge in [0.2, 0.25) is 0 Å². The maximum Gasteiger partial charge on any atom is 0.138 e. The van der Waals surface area contributed by atoms with E-state index in [0.717, 1.165) is 23.0 Å². The predicted molar refractivity (Wildman–Crippen MR) is 74.0 cm³/mol. The van der Waals surface area contributed by atoms with Crippen molar-refractivity contribution in [3.63, 3.8) is 0 Å². The van der Waals surface area contributed by atoms with Gasteiger partial charge in [-0.15, -0.1) is 0 Å². The molecule has 3 rings (SSSR count). The number of benzene rings is 1. The van der Waals surface area contributed by atoms with Crippen LogP contribution in [-0.2, 0) is 6.42 Å². The van der Waals surface area contributed by atoms with Gasteiger partial charge in [0.05, 0.1) is 11.2 Å². The second kappa shape index (κ2) is 4.60. The number of aromatic hydroxyl groups is 1. The van der Waals surface area contributed by atoms with Crippen LogP contribution in [0.2, 0.25) is 0 Å². The number of rotatable bonds is 2. The largest absolute Gasteiger partial charge is 0.506 e. The van der Waals surface area contributed by atoms with E-state index in [9.17, 15) is 5.11 Å². The molecule has 2 nitrogen and oxygen atoms in total. The Balaban J connectivity index is 2.17. The molecule has 1 N–H and O–H groups in total. The number of fused-ring (bicyclic) bond motifs is 1. The average molecular weight is 241 g/mol. The predicted octanol–water partition coefficient (Wildman–Crippen LogP) is 4.16. The van der Waals surface area contributed by atoms with E-state index in [1.54, 1.807) is 0 Å². The van der Waals surface area contributed by atoms with E-state index in [2.05, 4.69) is 13.0 Å². The highest BCUT2D eigenvalue weighted by Crippen LogP contribution is 2.38. The number of aryl methyl sites for hydroxylation is 1. The van der Waals surface area contributed by atoms with Crippen LogP contribution in [0.15, 0.2) is 24.3 Å². The van der Waals surface area contributed by atoms with Crippen LogP contribution < -0.4 is 0 Å². The molecule has 1 aromatic heterocycles. The van der Waals surface area contributed by atoms with Gasteiger partial charge in [-0.05, 0) is 30.9 Å². The van der Waals surface area contributed by atoms with Gasteiger partial charge in [-0.1, -0.05) is 38.0 Å². The summed E-state index contributed by atoms with van der Waals surface area (Å²) in [6, 6.07) is 8.08. The van der Waals surface area contributed by atoms with Crippen molar-refractivity contribution >= 4 is 10.9 Å². The third-order valence-electron chi connectivity index (χ3n) is 4.06. The molecule has 2 heteroatoms. The minimum atomic E-state index is 0.377. The zero-order valence-electron chi connectivity index (χ0n) is 10.8. The van der Waals surface area contributed by atoms with Crippen LogP contribution in [0.4, 0.5) is 0 Å². The smallest absolute Gasteiger partial charge is 0.138 e. The molecule has 1 aliphatic carbocycles. The van der Waals surface area contributed by atoms with Gasteiger partial charge >= 0.3 is 0 Å². The minimum Gasteiger partial charge on any atom is -0.506 e. The number of pyridine rings is 1. The molecule has 0 bridgehead atoms. The standard InChI is InChI=1S/C16H19NO/c1-2-11-8-5-9-13-10-14(18)16(17-15(11)13)12-6-3-4-7-12/h5,8-10,12,18H,2-4,6-7H2,1H3. The van der Waals surface area contributed by atoms with E-state index in [1.807, 2.05) is 18.2 Å². The Kier molecular flexibility index (Phi) is 2.94. The van der Waals surface area contributed by atoms with Crippen molar-refractivity contribution < 1.29 is 5.11 Å². The average Bonchev–Trinajstić information content (AvgIpc) is 2.90. The Morgan fingerprint density at radius 2 is 2.06 bits per heavy atom. The van der Waals surface area contributed by atoms with Crippen molar-refractivity contribution in [2.75, 3.05) is 0 Å². The van der Waals surface area contributed by atoms with Gasteiger partial charge in [0.1, 0.15) is 5.75 Å². The highest BCUT2D eigenvalue weighted by atomic mass is 16.3. The topological polar surface area (TPSA) is 33.1 Å². The van der Waals surface area contributed by atoms with Gasteiger partial charge in [0.15, 0.2) is 0 Å². The summed E-state index contributed by atoms with van der Waals surface area (Å²) in [6.45, 7) is 2.15. The molecule has 1 saturated carbocycles. The summed E-state index contributed by atoms with van der Waals surface area (Å²) < 4.78 is 0. The molecule has 1 heterocycles. The zero-order chi connectivity index (χ0) is 12.5. The summed E-state index contributed by atoms with van der Waals surface area (Å²) in [5.41, 5.74) is 3.26. The number of nitrogens with zero attached hydrogens (tertiary/aromatic N) is 1. The Labute approximate surface area is 108 Å². The van der Waals surface area contributed by atoms with Crippen molar-refractivity contribution in [2.45, 2.75) is 44.9 Å². The maximum absolute atomic E-state index is 10.2. The summed E-state index contributed by atoms with van der Waals surface area (Å²) in [5, 5.41) is 11.2. The Morgan fingerprint density at radius 3 is 2.78 bits per heavy atom. The fraction of sp³-hybridized carbons (Fsp3) is 0.438. The fourth-order valence-corrected chi connectivity index (χ4v) is 3.05. The highest BCUT2D eigenvalue weighted by molar-refractivity contribution is 5.83. The lowest BCUT2D eigenvalue weighted by molar-refractivity contribution is 0.457. The first kappa shape index (κ1) is 11.5. The second-order valence-electron chi connectivity index (χ2n) is 5.22. The molecular formula is C16H19NO. The zero-order valence-corrected chi connectivity index (χ0v) is 10.8. The van der Waals surface area contributed by atoms with Crippen molar-refractivity contribution in [1.29, 1.82) is 0 Å². The first-order valence-electron chi connectivity index (χ1n) is 6.91. The molecule has 1 aromatic carbocycles. The molecule has 0 atom stereocenters. The molecule has 0 amide bonds. The van der Waals surface area contributed by atoms with Crippen LogP contribution in [0, 0.1) is 0 Å². The lowest BCUT2D eigenvalue weighted by atomic mass is 10.00. The van der Waals surface area contributed by atoms with Crippen LogP contribution in [-0.4, -0.2) is 10.1 Å². The summed E-state index contributed by atoms with van der Waals surface area (Å²) in [7, 11) is 0. The maximum atomic E-state index is 10.2. The Hall–Kier alpha value is -1.57. The molecule has 0 saturated heterocycles. The van der Waals surface area contributed by atoms with Crippen LogP contribution >= 0.6 is 0 Å². The normalized spacial score (nSPS) is 16.5. The number of para-hydroxylation sites is 1. The van der Waals surface area contributed by atoms with E-state index in [0.29, 0.717) is 11.7 Å².